The number of phenols is 1. The van der Waals surface area contributed by atoms with Gasteiger partial charge in [0.2, 0.25) is 0 Å². The lowest BCUT2D eigenvalue weighted by molar-refractivity contribution is 0.166. The first-order chi connectivity index (χ1) is 9.22. The summed E-state index contributed by atoms with van der Waals surface area (Å²) in [4.78, 5) is 2.65. The molecule has 0 aliphatic carbocycles. The quantitative estimate of drug-likeness (QED) is 0.897. The first-order valence-corrected chi connectivity index (χ1v) is 7.96. The van der Waals surface area contributed by atoms with Gasteiger partial charge in [-0.15, -0.1) is 0 Å². The van der Waals surface area contributed by atoms with Crippen molar-refractivity contribution in [2.45, 2.75) is 44.3 Å². The van der Waals surface area contributed by atoms with Crippen molar-refractivity contribution in [2.75, 3.05) is 13.1 Å². The first-order valence-electron chi connectivity index (χ1n) is 7.17. The molecule has 3 rings (SSSR count). The molecule has 2 N–H and O–H groups in total. The molecule has 4 heteroatoms. The summed E-state index contributed by atoms with van der Waals surface area (Å²) in [5.41, 5.74) is 1.22. The molecule has 1 aromatic carbocycles. The van der Waals surface area contributed by atoms with Crippen molar-refractivity contribution in [1.29, 1.82) is 0 Å². The molecule has 2 saturated heterocycles. The maximum atomic E-state index is 9.49. The fraction of sp³-hybridized carbons (Fsp3) is 0.600. The van der Waals surface area contributed by atoms with Gasteiger partial charge in [-0.2, -0.15) is 0 Å². The monoisotopic (exact) mass is 324 g/mol. The average Bonchev–Trinajstić information content (AvgIpc) is 2.87. The van der Waals surface area contributed by atoms with Crippen LogP contribution in [0.15, 0.2) is 22.7 Å². The highest BCUT2D eigenvalue weighted by molar-refractivity contribution is 9.10. The Kier molecular flexibility index (Phi) is 4.10. The minimum Gasteiger partial charge on any atom is -0.507 e. The van der Waals surface area contributed by atoms with Gasteiger partial charge in [-0.05, 0) is 72.4 Å². The zero-order valence-electron chi connectivity index (χ0n) is 11.1. The fourth-order valence-corrected chi connectivity index (χ4v) is 3.76. The lowest BCUT2D eigenvalue weighted by Gasteiger charge is -2.35. The third-order valence-corrected chi connectivity index (χ3v) is 5.06. The smallest absolute Gasteiger partial charge is 0.129 e. The Bertz CT molecular complexity index is 452. The van der Waals surface area contributed by atoms with Gasteiger partial charge < -0.3 is 15.3 Å². The number of nitrogens with one attached hydrogen (secondary N) is 1. The molecule has 2 fully saturated rings. The second-order valence-electron chi connectivity index (χ2n) is 5.72. The van der Waals surface area contributed by atoms with Crippen LogP contribution in [0.1, 0.15) is 31.2 Å². The van der Waals surface area contributed by atoms with Crippen LogP contribution in [0.3, 0.4) is 0 Å². The van der Waals surface area contributed by atoms with E-state index in [1.807, 2.05) is 12.1 Å². The van der Waals surface area contributed by atoms with Gasteiger partial charge >= 0.3 is 0 Å². The van der Waals surface area contributed by atoms with Crippen LogP contribution >= 0.6 is 15.9 Å². The van der Waals surface area contributed by atoms with Crippen LogP contribution in [0.5, 0.6) is 5.75 Å². The van der Waals surface area contributed by atoms with Crippen LogP contribution in [-0.2, 0) is 6.54 Å². The Morgan fingerprint density at radius 3 is 3.05 bits per heavy atom. The van der Waals surface area contributed by atoms with Gasteiger partial charge in [0, 0.05) is 18.6 Å². The topological polar surface area (TPSA) is 35.5 Å². The average molecular weight is 325 g/mol. The van der Waals surface area contributed by atoms with Crippen LogP contribution in [0.25, 0.3) is 0 Å². The van der Waals surface area contributed by atoms with Crippen LogP contribution in [-0.4, -0.2) is 35.2 Å². The maximum absolute atomic E-state index is 9.49. The number of piperidine rings is 1. The van der Waals surface area contributed by atoms with Crippen molar-refractivity contribution in [2.24, 2.45) is 0 Å². The summed E-state index contributed by atoms with van der Waals surface area (Å²) in [7, 11) is 0. The van der Waals surface area contributed by atoms with Crippen molar-refractivity contribution >= 4 is 15.9 Å². The van der Waals surface area contributed by atoms with E-state index >= 15 is 0 Å². The Balaban J connectivity index is 1.53. The fourth-order valence-electron chi connectivity index (χ4n) is 3.33. The number of phenolic OH excluding ortho intramolecular Hbond substituents is 1. The predicted molar refractivity (Wildman–Crippen MR) is 80.3 cm³/mol. The Morgan fingerprint density at radius 1 is 1.32 bits per heavy atom. The molecule has 0 amide bonds. The Morgan fingerprint density at radius 2 is 2.21 bits per heavy atom. The van der Waals surface area contributed by atoms with Gasteiger partial charge in [-0.25, -0.2) is 0 Å². The van der Waals surface area contributed by atoms with Crippen molar-refractivity contribution < 1.29 is 5.11 Å². The number of aromatic hydroxyl groups is 1. The lowest BCUT2D eigenvalue weighted by atomic mass is 9.97. The Labute approximate surface area is 123 Å². The molecular formula is C15H21BrN2O. The normalized spacial score (nSPS) is 27.4. The number of rotatable bonds is 3. The van der Waals surface area contributed by atoms with E-state index in [1.54, 1.807) is 6.07 Å². The van der Waals surface area contributed by atoms with E-state index in [0.29, 0.717) is 11.8 Å². The summed E-state index contributed by atoms with van der Waals surface area (Å²) in [6.07, 6.45) is 5.31. The molecule has 0 spiro atoms. The number of nitrogens with zero attached hydrogens (tertiary/aromatic N) is 1. The summed E-state index contributed by atoms with van der Waals surface area (Å²) in [5.74, 6) is 0.308. The zero-order chi connectivity index (χ0) is 13.2. The van der Waals surface area contributed by atoms with Gasteiger partial charge in [0.15, 0.2) is 0 Å². The molecule has 0 aromatic heterocycles. The van der Waals surface area contributed by atoms with Gasteiger partial charge in [0.25, 0.3) is 0 Å². The lowest BCUT2D eigenvalue weighted by Crippen LogP contribution is -2.45. The van der Waals surface area contributed by atoms with Crippen LogP contribution in [0.2, 0.25) is 0 Å². The molecule has 0 radical (unpaired) electrons. The number of hydrogen-bond acceptors (Lipinski definition) is 3. The maximum Gasteiger partial charge on any atom is 0.129 e. The van der Waals surface area contributed by atoms with E-state index in [1.165, 1.54) is 44.3 Å². The van der Waals surface area contributed by atoms with Crippen molar-refractivity contribution in [1.82, 2.24) is 10.2 Å². The summed E-state index contributed by atoms with van der Waals surface area (Å²) in [6, 6.07) is 7.19. The highest BCUT2D eigenvalue weighted by atomic mass is 79.9. The molecule has 3 nitrogen and oxygen atoms in total. The third kappa shape index (κ3) is 3.12. The second-order valence-corrected chi connectivity index (χ2v) is 6.57. The Hall–Kier alpha value is -0.580. The van der Waals surface area contributed by atoms with Crippen molar-refractivity contribution in [3.05, 3.63) is 28.2 Å². The molecule has 0 bridgehead atoms. The molecule has 2 aliphatic heterocycles. The van der Waals surface area contributed by atoms with Crippen molar-refractivity contribution in [3.8, 4) is 5.75 Å². The van der Waals surface area contributed by atoms with E-state index in [9.17, 15) is 5.11 Å². The molecular weight excluding hydrogens is 304 g/mol. The largest absolute Gasteiger partial charge is 0.507 e. The number of fused-ring (bicyclic) bond motifs is 1. The zero-order valence-corrected chi connectivity index (χ0v) is 12.7. The third-order valence-electron chi connectivity index (χ3n) is 4.43. The first kappa shape index (κ1) is 13.4. The van der Waals surface area contributed by atoms with Gasteiger partial charge in [0.05, 0.1) is 4.47 Å². The second kappa shape index (κ2) is 5.81. The molecule has 1 aromatic rings. The molecule has 104 valence electrons. The number of hydrogen-bond donors (Lipinski definition) is 2. The number of benzene rings is 1. The minimum atomic E-state index is 0.308. The van der Waals surface area contributed by atoms with E-state index in [2.05, 4.69) is 26.1 Å². The summed E-state index contributed by atoms with van der Waals surface area (Å²) < 4.78 is 0.775. The molecule has 19 heavy (non-hydrogen) atoms. The molecule has 2 atom stereocenters. The van der Waals surface area contributed by atoms with Gasteiger partial charge in [-0.3, -0.25) is 0 Å². The van der Waals surface area contributed by atoms with E-state index in [0.717, 1.165) is 17.1 Å². The highest BCUT2D eigenvalue weighted by Gasteiger charge is 2.31. The van der Waals surface area contributed by atoms with E-state index < -0.39 is 0 Å². The van der Waals surface area contributed by atoms with Crippen molar-refractivity contribution in [3.63, 3.8) is 0 Å². The highest BCUT2D eigenvalue weighted by Crippen LogP contribution is 2.27. The SMILES string of the molecule is Oc1ccc(CNC2CCN3CCCC3C2)cc1Br. The van der Waals surface area contributed by atoms with Crippen LogP contribution < -0.4 is 5.32 Å². The van der Waals surface area contributed by atoms with E-state index in [4.69, 9.17) is 0 Å². The van der Waals surface area contributed by atoms with Crippen LogP contribution in [0.4, 0.5) is 0 Å². The molecule has 2 aliphatic rings. The molecule has 2 heterocycles. The summed E-state index contributed by atoms with van der Waals surface area (Å²) in [6.45, 7) is 3.44. The predicted octanol–water partition coefficient (Wildman–Crippen LogP) is 2.87. The van der Waals surface area contributed by atoms with Crippen LogP contribution in [0, 0.1) is 0 Å². The summed E-state index contributed by atoms with van der Waals surface area (Å²) in [5, 5.41) is 13.2. The minimum absolute atomic E-state index is 0.308. The molecule has 2 unspecified atom stereocenters. The summed E-state index contributed by atoms with van der Waals surface area (Å²) >= 11 is 3.36. The van der Waals surface area contributed by atoms with E-state index in [-0.39, 0.29) is 0 Å². The molecule has 0 saturated carbocycles. The standard InChI is InChI=1S/C15H21BrN2O/c16-14-8-11(3-4-15(14)19)10-17-12-5-7-18-6-1-2-13(18)9-12/h3-4,8,12-13,17,19H,1-2,5-7,9-10H2. The van der Waals surface area contributed by atoms with Gasteiger partial charge in [-0.1, -0.05) is 6.07 Å². The number of halogens is 1. The van der Waals surface area contributed by atoms with Gasteiger partial charge in [0.1, 0.15) is 5.75 Å².